The average Bonchev–Trinajstić information content (AvgIpc) is 3.60. The standard InChI is InChI=1S/C27H23FN8OS/c1-27(2,3)10-21(37)32-16-8-14(11-29-13-16)15-9-17-22(35-36-25(17)31-12-15)26-33-18-6-7-30-24(23(18)34-26)19-4-5-20(28)38-19/h4-9,11-13H,10H2,1-3H3,(H,32,37)(H,33,34)(H,31,35,36). The van der Waals surface area contributed by atoms with Crippen molar-refractivity contribution in [3.63, 3.8) is 0 Å². The largest absolute Gasteiger partial charge is 0.336 e. The lowest BCUT2D eigenvalue weighted by Gasteiger charge is -2.17. The van der Waals surface area contributed by atoms with E-state index in [0.717, 1.165) is 33.4 Å². The molecule has 0 spiro atoms. The Morgan fingerprint density at radius 1 is 1.05 bits per heavy atom. The first kappa shape index (κ1) is 23.9. The molecule has 6 aromatic heterocycles. The number of hydrogen-bond acceptors (Lipinski definition) is 7. The van der Waals surface area contributed by atoms with E-state index in [2.05, 4.69) is 35.5 Å². The predicted molar refractivity (Wildman–Crippen MR) is 146 cm³/mol. The maximum absolute atomic E-state index is 13.7. The number of H-pyrrole nitrogens is 2. The number of aromatic amines is 2. The number of nitrogens with zero attached hydrogens (tertiary/aromatic N) is 5. The van der Waals surface area contributed by atoms with Crippen molar-refractivity contribution in [1.29, 1.82) is 0 Å². The number of imidazole rings is 1. The second kappa shape index (κ2) is 9.10. The van der Waals surface area contributed by atoms with E-state index in [9.17, 15) is 9.18 Å². The van der Waals surface area contributed by atoms with E-state index in [1.54, 1.807) is 30.9 Å². The summed E-state index contributed by atoms with van der Waals surface area (Å²) >= 11 is 1.02. The van der Waals surface area contributed by atoms with Crippen LogP contribution in [0.5, 0.6) is 0 Å². The zero-order valence-electron chi connectivity index (χ0n) is 20.8. The van der Waals surface area contributed by atoms with Gasteiger partial charge in [-0.25, -0.2) is 9.97 Å². The number of fused-ring (bicyclic) bond motifs is 2. The monoisotopic (exact) mass is 526 g/mol. The molecular formula is C27H23FN8OS. The fraction of sp³-hybridized carbons (Fsp3) is 0.185. The smallest absolute Gasteiger partial charge is 0.224 e. The lowest BCUT2D eigenvalue weighted by atomic mass is 9.92. The quantitative estimate of drug-likeness (QED) is 0.246. The molecule has 0 aromatic carbocycles. The second-order valence-corrected chi connectivity index (χ2v) is 11.2. The molecule has 0 aliphatic carbocycles. The number of aromatic nitrogens is 7. The average molecular weight is 527 g/mol. The molecule has 0 saturated heterocycles. The van der Waals surface area contributed by atoms with Crippen LogP contribution in [0.3, 0.4) is 0 Å². The number of halogens is 1. The van der Waals surface area contributed by atoms with Gasteiger partial charge in [-0.2, -0.15) is 9.49 Å². The summed E-state index contributed by atoms with van der Waals surface area (Å²) in [7, 11) is 0. The molecule has 11 heteroatoms. The van der Waals surface area contributed by atoms with Gasteiger partial charge in [-0.1, -0.05) is 20.8 Å². The van der Waals surface area contributed by atoms with Crippen molar-refractivity contribution in [3.05, 3.63) is 60.3 Å². The number of rotatable bonds is 5. The van der Waals surface area contributed by atoms with Gasteiger partial charge in [-0.15, -0.1) is 11.3 Å². The number of anilines is 1. The number of carbonyl (C=O) groups is 1. The second-order valence-electron chi connectivity index (χ2n) is 10.2. The van der Waals surface area contributed by atoms with Crippen LogP contribution in [0, 0.1) is 10.5 Å². The molecule has 9 nitrogen and oxygen atoms in total. The van der Waals surface area contributed by atoms with E-state index >= 15 is 0 Å². The third-order valence-corrected chi connectivity index (χ3v) is 6.77. The third-order valence-electron chi connectivity index (χ3n) is 5.89. The van der Waals surface area contributed by atoms with Gasteiger partial charge in [0.15, 0.2) is 16.6 Å². The van der Waals surface area contributed by atoms with Crippen molar-refractivity contribution in [2.24, 2.45) is 5.41 Å². The summed E-state index contributed by atoms with van der Waals surface area (Å²) in [6, 6.07) is 8.77. The molecular weight excluding hydrogens is 503 g/mol. The van der Waals surface area contributed by atoms with Crippen molar-refractivity contribution in [1.82, 2.24) is 35.1 Å². The van der Waals surface area contributed by atoms with Gasteiger partial charge in [0.25, 0.3) is 0 Å². The van der Waals surface area contributed by atoms with Crippen LogP contribution < -0.4 is 5.32 Å². The van der Waals surface area contributed by atoms with Crippen molar-refractivity contribution >= 4 is 45.0 Å². The van der Waals surface area contributed by atoms with Gasteiger partial charge in [0.05, 0.1) is 27.7 Å². The van der Waals surface area contributed by atoms with Crippen molar-refractivity contribution in [2.45, 2.75) is 27.2 Å². The first-order valence-electron chi connectivity index (χ1n) is 11.9. The van der Waals surface area contributed by atoms with Crippen LogP contribution in [0.2, 0.25) is 0 Å². The molecule has 190 valence electrons. The molecule has 3 N–H and O–H groups in total. The van der Waals surface area contributed by atoms with Crippen LogP contribution in [0.4, 0.5) is 10.1 Å². The van der Waals surface area contributed by atoms with Gasteiger partial charge >= 0.3 is 0 Å². The molecule has 6 rings (SSSR count). The Labute approximate surface area is 220 Å². The number of pyridine rings is 3. The summed E-state index contributed by atoms with van der Waals surface area (Å²) in [5.41, 5.74) is 5.31. The Hall–Kier alpha value is -4.51. The summed E-state index contributed by atoms with van der Waals surface area (Å²) < 4.78 is 13.7. The summed E-state index contributed by atoms with van der Waals surface area (Å²) in [6.07, 6.45) is 7.15. The lowest BCUT2D eigenvalue weighted by Crippen LogP contribution is -2.19. The van der Waals surface area contributed by atoms with Gasteiger partial charge in [-0.3, -0.25) is 19.9 Å². The molecule has 0 aliphatic rings. The minimum absolute atomic E-state index is 0.0637. The van der Waals surface area contributed by atoms with Crippen molar-refractivity contribution in [3.8, 4) is 33.2 Å². The highest BCUT2D eigenvalue weighted by molar-refractivity contribution is 7.13. The van der Waals surface area contributed by atoms with Crippen LogP contribution in [0.1, 0.15) is 27.2 Å². The minimum Gasteiger partial charge on any atom is -0.336 e. The van der Waals surface area contributed by atoms with Crippen molar-refractivity contribution < 1.29 is 9.18 Å². The molecule has 0 unspecified atom stereocenters. The zero-order valence-corrected chi connectivity index (χ0v) is 21.7. The topological polar surface area (TPSA) is 125 Å². The van der Waals surface area contributed by atoms with E-state index < -0.39 is 0 Å². The first-order chi connectivity index (χ1) is 18.2. The van der Waals surface area contributed by atoms with Gasteiger partial charge in [0.2, 0.25) is 5.91 Å². The first-order valence-corrected chi connectivity index (χ1v) is 12.8. The fourth-order valence-electron chi connectivity index (χ4n) is 4.26. The van der Waals surface area contributed by atoms with Gasteiger partial charge < -0.3 is 10.3 Å². The van der Waals surface area contributed by atoms with Gasteiger partial charge in [-0.05, 0) is 35.7 Å². The summed E-state index contributed by atoms with van der Waals surface area (Å²) in [5, 5.41) is 10.8. The number of amides is 1. The summed E-state index contributed by atoms with van der Waals surface area (Å²) in [4.78, 5) is 34.5. The number of nitrogens with one attached hydrogen (secondary N) is 3. The molecule has 6 aromatic rings. The van der Waals surface area contributed by atoms with Crippen molar-refractivity contribution in [2.75, 3.05) is 5.32 Å². The molecule has 1 amide bonds. The SMILES string of the molecule is CC(C)(C)CC(=O)Nc1cncc(-c2cnc3[nH]nc(-c4nc5c(-c6ccc(F)s6)nccc5[nH]4)c3c2)c1. The fourth-order valence-corrected chi connectivity index (χ4v) is 4.99. The highest BCUT2D eigenvalue weighted by Crippen LogP contribution is 2.34. The summed E-state index contributed by atoms with van der Waals surface area (Å²) in [6.45, 7) is 6.06. The van der Waals surface area contributed by atoms with Crippen LogP contribution in [-0.4, -0.2) is 41.0 Å². The van der Waals surface area contributed by atoms with E-state index in [0.29, 0.717) is 45.4 Å². The Morgan fingerprint density at radius 3 is 2.68 bits per heavy atom. The van der Waals surface area contributed by atoms with E-state index in [1.165, 1.54) is 6.07 Å². The Balaban J connectivity index is 1.36. The number of thiophene rings is 1. The maximum Gasteiger partial charge on any atom is 0.224 e. The normalized spacial score (nSPS) is 11.9. The van der Waals surface area contributed by atoms with Crippen LogP contribution in [0.15, 0.2) is 55.1 Å². The van der Waals surface area contributed by atoms with E-state index in [-0.39, 0.29) is 16.5 Å². The maximum atomic E-state index is 13.7. The van der Waals surface area contributed by atoms with E-state index in [1.807, 2.05) is 39.0 Å². The molecule has 0 atom stereocenters. The Bertz CT molecular complexity index is 1810. The zero-order chi connectivity index (χ0) is 26.4. The van der Waals surface area contributed by atoms with Gasteiger partial charge in [0.1, 0.15) is 16.9 Å². The van der Waals surface area contributed by atoms with Crippen LogP contribution in [-0.2, 0) is 4.79 Å². The van der Waals surface area contributed by atoms with Gasteiger partial charge in [0, 0.05) is 36.1 Å². The molecule has 6 heterocycles. The molecule has 0 aliphatic heterocycles. The highest BCUT2D eigenvalue weighted by atomic mass is 32.1. The Morgan fingerprint density at radius 2 is 1.89 bits per heavy atom. The number of hydrogen-bond donors (Lipinski definition) is 3. The predicted octanol–water partition coefficient (Wildman–Crippen LogP) is 6.20. The van der Waals surface area contributed by atoms with E-state index in [4.69, 9.17) is 4.98 Å². The van der Waals surface area contributed by atoms with Crippen LogP contribution >= 0.6 is 11.3 Å². The van der Waals surface area contributed by atoms with Crippen LogP contribution in [0.25, 0.3) is 55.3 Å². The molecule has 0 saturated carbocycles. The Kier molecular flexibility index (Phi) is 5.72. The molecule has 0 bridgehead atoms. The third kappa shape index (κ3) is 4.63. The summed E-state index contributed by atoms with van der Waals surface area (Å²) in [5.74, 6) is 0.476. The minimum atomic E-state index is -0.279. The lowest BCUT2D eigenvalue weighted by molar-refractivity contribution is -0.117. The molecule has 0 fully saturated rings. The molecule has 38 heavy (non-hydrogen) atoms. The molecule has 0 radical (unpaired) electrons. The highest BCUT2D eigenvalue weighted by Gasteiger charge is 2.19. The number of carbonyl (C=O) groups excluding carboxylic acids is 1.